The molecule has 1 amide bonds. The lowest BCUT2D eigenvalue weighted by molar-refractivity contribution is -0.277. The van der Waals surface area contributed by atoms with Crippen molar-refractivity contribution in [3.63, 3.8) is 0 Å². The standard InChI is InChI=1S/C21H24N2O7/c24-12-16-18(26)19(27)20(28)21(30-16)29-15-8-6-14(7-9-15)11-22-23-17(25)10-13-4-2-1-3-5-13/h1-9,11,16,18-21,24,26-28H,10,12H2,(H,23,25)/b22-11+/t16-,18-,19+,20-,21-/m1/s1. The van der Waals surface area contributed by atoms with Crippen molar-refractivity contribution in [1.82, 2.24) is 5.43 Å². The summed E-state index contributed by atoms with van der Waals surface area (Å²) in [5.74, 6) is 0.101. The van der Waals surface area contributed by atoms with Crippen LogP contribution in [0.25, 0.3) is 0 Å². The Morgan fingerprint density at radius 1 is 1.03 bits per heavy atom. The predicted octanol–water partition coefficient (Wildman–Crippen LogP) is -0.442. The molecule has 1 fully saturated rings. The zero-order chi connectivity index (χ0) is 21.5. The minimum atomic E-state index is -1.51. The van der Waals surface area contributed by atoms with E-state index in [1.807, 2.05) is 30.3 Å². The molecule has 1 aliphatic rings. The highest BCUT2D eigenvalue weighted by molar-refractivity contribution is 5.83. The van der Waals surface area contributed by atoms with Crippen LogP contribution in [0.1, 0.15) is 11.1 Å². The summed E-state index contributed by atoms with van der Waals surface area (Å²) in [6.45, 7) is -0.532. The first-order valence-corrected chi connectivity index (χ1v) is 9.41. The van der Waals surface area contributed by atoms with Crippen LogP contribution < -0.4 is 10.2 Å². The van der Waals surface area contributed by atoms with Gasteiger partial charge in [-0.1, -0.05) is 30.3 Å². The minimum Gasteiger partial charge on any atom is -0.462 e. The van der Waals surface area contributed by atoms with E-state index >= 15 is 0 Å². The zero-order valence-corrected chi connectivity index (χ0v) is 16.0. The molecule has 1 aliphatic heterocycles. The molecule has 3 rings (SSSR count). The fourth-order valence-corrected chi connectivity index (χ4v) is 2.93. The van der Waals surface area contributed by atoms with Gasteiger partial charge in [-0.2, -0.15) is 5.10 Å². The van der Waals surface area contributed by atoms with Gasteiger partial charge in [-0.05, 0) is 35.4 Å². The molecule has 2 aromatic rings. The van der Waals surface area contributed by atoms with Crippen molar-refractivity contribution in [3.05, 3.63) is 65.7 Å². The van der Waals surface area contributed by atoms with E-state index in [-0.39, 0.29) is 12.3 Å². The summed E-state index contributed by atoms with van der Waals surface area (Å²) in [4.78, 5) is 11.9. The quantitative estimate of drug-likeness (QED) is 0.304. The lowest BCUT2D eigenvalue weighted by Gasteiger charge is -2.39. The van der Waals surface area contributed by atoms with E-state index in [2.05, 4.69) is 10.5 Å². The minimum absolute atomic E-state index is 0.226. The number of amides is 1. The SMILES string of the molecule is O=C(Cc1ccccc1)N/N=C/c1ccc(O[C@@H]2O[C@H](CO)[C@@H](O)[C@H](O)[C@H]2O)cc1. The predicted molar refractivity (Wildman–Crippen MR) is 107 cm³/mol. The van der Waals surface area contributed by atoms with Crippen molar-refractivity contribution in [2.45, 2.75) is 37.1 Å². The average molecular weight is 416 g/mol. The maximum Gasteiger partial charge on any atom is 0.244 e. The van der Waals surface area contributed by atoms with Crippen molar-refractivity contribution < 1.29 is 34.7 Å². The van der Waals surface area contributed by atoms with Crippen LogP contribution in [0.2, 0.25) is 0 Å². The number of carbonyl (C=O) groups is 1. The van der Waals surface area contributed by atoms with Gasteiger partial charge in [-0.3, -0.25) is 4.79 Å². The molecule has 0 unspecified atom stereocenters. The fourth-order valence-electron chi connectivity index (χ4n) is 2.93. The molecule has 160 valence electrons. The van der Waals surface area contributed by atoms with Crippen molar-refractivity contribution in [2.24, 2.45) is 5.10 Å². The second kappa shape index (κ2) is 10.3. The molecule has 5 N–H and O–H groups in total. The van der Waals surface area contributed by atoms with Gasteiger partial charge in [0.2, 0.25) is 12.2 Å². The monoisotopic (exact) mass is 416 g/mol. The number of ether oxygens (including phenoxy) is 2. The third kappa shape index (κ3) is 5.62. The molecule has 1 heterocycles. The third-order valence-corrected chi connectivity index (χ3v) is 4.59. The van der Waals surface area contributed by atoms with Crippen molar-refractivity contribution in [1.29, 1.82) is 0 Å². The molecule has 30 heavy (non-hydrogen) atoms. The van der Waals surface area contributed by atoms with Crippen LogP contribution in [-0.2, 0) is 16.0 Å². The summed E-state index contributed by atoms with van der Waals surface area (Å²) in [6.07, 6.45) is -5.03. The van der Waals surface area contributed by atoms with E-state index in [4.69, 9.17) is 9.47 Å². The first-order valence-electron chi connectivity index (χ1n) is 9.41. The summed E-state index contributed by atoms with van der Waals surface area (Å²) < 4.78 is 10.8. The van der Waals surface area contributed by atoms with Gasteiger partial charge in [0, 0.05) is 0 Å². The summed E-state index contributed by atoms with van der Waals surface area (Å²) >= 11 is 0. The number of nitrogens with one attached hydrogen (secondary N) is 1. The number of aliphatic hydroxyl groups excluding tert-OH is 4. The van der Waals surface area contributed by atoms with Crippen LogP contribution in [-0.4, -0.2) is 69.9 Å². The highest BCUT2D eigenvalue weighted by Crippen LogP contribution is 2.24. The van der Waals surface area contributed by atoms with E-state index in [1.165, 1.54) is 6.21 Å². The summed E-state index contributed by atoms with van der Waals surface area (Å²) in [7, 11) is 0. The van der Waals surface area contributed by atoms with Crippen LogP contribution in [0.15, 0.2) is 59.7 Å². The van der Waals surface area contributed by atoms with Crippen molar-refractivity contribution in [3.8, 4) is 5.75 Å². The van der Waals surface area contributed by atoms with Crippen molar-refractivity contribution in [2.75, 3.05) is 6.61 Å². The second-order valence-electron chi connectivity index (χ2n) is 6.84. The Labute approximate surface area is 173 Å². The highest BCUT2D eigenvalue weighted by Gasteiger charge is 2.44. The van der Waals surface area contributed by atoms with Gasteiger partial charge >= 0.3 is 0 Å². The molecule has 0 aromatic heterocycles. The van der Waals surface area contributed by atoms with Crippen LogP contribution in [0.3, 0.4) is 0 Å². The van der Waals surface area contributed by atoms with Crippen LogP contribution in [0, 0.1) is 0 Å². The molecule has 2 aromatic carbocycles. The molecular formula is C21H24N2O7. The zero-order valence-electron chi connectivity index (χ0n) is 16.0. The molecule has 5 atom stereocenters. The fraction of sp³-hybridized carbons (Fsp3) is 0.333. The average Bonchev–Trinajstić information content (AvgIpc) is 2.76. The van der Waals surface area contributed by atoms with Gasteiger partial charge in [-0.25, -0.2) is 5.43 Å². The smallest absolute Gasteiger partial charge is 0.244 e. The summed E-state index contributed by atoms with van der Waals surface area (Å²) in [5, 5.41) is 42.7. The molecule has 1 saturated heterocycles. The van der Waals surface area contributed by atoms with E-state index in [0.717, 1.165) is 5.56 Å². The van der Waals surface area contributed by atoms with Crippen LogP contribution >= 0.6 is 0 Å². The van der Waals surface area contributed by atoms with Crippen molar-refractivity contribution >= 4 is 12.1 Å². The van der Waals surface area contributed by atoms with Gasteiger partial charge in [0.1, 0.15) is 30.2 Å². The van der Waals surface area contributed by atoms with E-state index in [1.54, 1.807) is 24.3 Å². The molecule has 9 heteroatoms. The lowest BCUT2D eigenvalue weighted by atomic mass is 9.99. The first kappa shape index (κ1) is 21.9. The Bertz CT molecular complexity index is 842. The summed E-state index contributed by atoms with van der Waals surface area (Å²) in [5.41, 5.74) is 4.04. The Balaban J connectivity index is 1.52. The number of nitrogens with zero attached hydrogens (tertiary/aromatic N) is 1. The molecular weight excluding hydrogens is 392 g/mol. The number of rotatable bonds is 7. The molecule has 0 spiro atoms. The Kier molecular flexibility index (Phi) is 7.50. The largest absolute Gasteiger partial charge is 0.462 e. The molecule has 0 saturated carbocycles. The third-order valence-electron chi connectivity index (χ3n) is 4.59. The second-order valence-corrected chi connectivity index (χ2v) is 6.84. The van der Waals surface area contributed by atoms with Crippen LogP contribution in [0.4, 0.5) is 0 Å². The van der Waals surface area contributed by atoms with Gasteiger partial charge in [0.25, 0.3) is 0 Å². The number of benzene rings is 2. The number of carbonyl (C=O) groups excluding carboxylic acids is 1. The van der Waals surface area contributed by atoms with Gasteiger partial charge in [0.05, 0.1) is 19.2 Å². The van der Waals surface area contributed by atoms with E-state index in [0.29, 0.717) is 11.3 Å². The lowest BCUT2D eigenvalue weighted by Crippen LogP contribution is -2.60. The molecule has 0 aliphatic carbocycles. The first-order chi connectivity index (χ1) is 14.5. The number of aliphatic hydroxyl groups is 4. The van der Waals surface area contributed by atoms with Gasteiger partial charge < -0.3 is 29.9 Å². The highest BCUT2D eigenvalue weighted by atomic mass is 16.7. The number of hydrogen-bond donors (Lipinski definition) is 5. The molecule has 0 bridgehead atoms. The van der Waals surface area contributed by atoms with E-state index < -0.39 is 37.3 Å². The molecule has 0 radical (unpaired) electrons. The normalized spacial score (nSPS) is 26.5. The van der Waals surface area contributed by atoms with Gasteiger partial charge in [-0.15, -0.1) is 0 Å². The molecule has 9 nitrogen and oxygen atoms in total. The number of hydrazone groups is 1. The number of hydrogen-bond acceptors (Lipinski definition) is 8. The Morgan fingerprint density at radius 2 is 1.73 bits per heavy atom. The van der Waals surface area contributed by atoms with Gasteiger partial charge in [0.15, 0.2) is 0 Å². The topological polar surface area (TPSA) is 141 Å². The van der Waals surface area contributed by atoms with E-state index in [9.17, 15) is 25.2 Å². The Hall–Kier alpha value is -2.82. The Morgan fingerprint density at radius 3 is 2.40 bits per heavy atom. The maximum atomic E-state index is 11.9. The summed E-state index contributed by atoms with van der Waals surface area (Å²) in [6, 6.07) is 15.8. The maximum absolute atomic E-state index is 11.9. The van der Waals surface area contributed by atoms with Crippen LogP contribution in [0.5, 0.6) is 5.75 Å².